The summed E-state index contributed by atoms with van der Waals surface area (Å²) in [5.41, 5.74) is -0.310. The first-order valence-corrected chi connectivity index (χ1v) is 5.86. The van der Waals surface area contributed by atoms with Crippen molar-refractivity contribution in [3.8, 4) is 5.75 Å². The van der Waals surface area contributed by atoms with Crippen molar-refractivity contribution < 1.29 is 27.4 Å². The molecule has 0 aromatic heterocycles. The molecule has 0 aliphatic carbocycles. The van der Waals surface area contributed by atoms with E-state index in [1.807, 2.05) is 0 Å². The van der Waals surface area contributed by atoms with Crippen LogP contribution in [-0.2, 0) is 0 Å². The van der Waals surface area contributed by atoms with Crippen molar-refractivity contribution in [1.29, 1.82) is 0 Å². The van der Waals surface area contributed by atoms with Gasteiger partial charge in [0.1, 0.15) is 11.9 Å². The van der Waals surface area contributed by atoms with Crippen LogP contribution in [0.2, 0.25) is 0 Å². The SMILES string of the molecule is CCOc1ccc(C(O)C(F)(F)C(F)F)cc1Br. The summed E-state index contributed by atoms with van der Waals surface area (Å²) in [5, 5.41) is 9.27. The molecule has 1 rings (SSSR count). The minimum Gasteiger partial charge on any atom is -0.493 e. The second-order valence-corrected chi connectivity index (χ2v) is 4.35. The maximum atomic E-state index is 13.0. The Morgan fingerprint density at radius 2 is 2.00 bits per heavy atom. The van der Waals surface area contributed by atoms with Crippen LogP contribution in [0.3, 0.4) is 0 Å². The number of hydrogen-bond acceptors (Lipinski definition) is 2. The van der Waals surface area contributed by atoms with Gasteiger partial charge in [-0.25, -0.2) is 8.78 Å². The van der Waals surface area contributed by atoms with E-state index in [1.54, 1.807) is 6.92 Å². The highest BCUT2D eigenvalue weighted by Crippen LogP contribution is 2.38. The molecule has 1 unspecified atom stereocenters. The van der Waals surface area contributed by atoms with Crippen LogP contribution >= 0.6 is 15.9 Å². The molecule has 0 aliphatic rings. The number of aliphatic hydroxyl groups excluding tert-OH is 1. The quantitative estimate of drug-likeness (QED) is 0.832. The molecule has 18 heavy (non-hydrogen) atoms. The minimum atomic E-state index is -4.49. The van der Waals surface area contributed by atoms with E-state index in [2.05, 4.69) is 15.9 Å². The van der Waals surface area contributed by atoms with Gasteiger partial charge in [-0.1, -0.05) is 6.07 Å². The van der Waals surface area contributed by atoms with Gasteiger partial charge in [-0.05, 0) is 40.5 Å². The molecule has 0 radical (unpaired) electrons. The highest BCUT2D eigenvalue weighted by atomic mass is 79.9. The van der Waals surface area contributed by atoms with Gasteiger partial charge >= 0.3 is 12.3 Å². The zero-order chi connectivity index (χ0) is 13.9. The van der Waals surface area contributed by atoms with Crippen molar-refractivity contribution in [2.45, 2.75) is 25.4 Å². The van der Waals surface area contributed by atoms with E-state index in [9.17, 15) is 22.7 Å². The van der Waals surface area contributed by atoms with Crippen molar-refractivity contribution in [2.24, 2.45) is 0 Å². The lowest BCUT2D eigenvalue weighted by atomic mass is 10.0. The summed E-state index contributed by atoms with van der Waals surface area (Å²) in [4.78, 5) is 0. The molecule has 2 nitrogen and oxygen atoms in total. The molecule has 1 atom stereocenters. The number of ether oxygens (including phenoxy) is 1. The lowest BCUT2D eigenvalue weighted by Crippen LogP contribution is -2.34. The molecule has 0 amide bonds. The molecule has 1 N–H and O–H groups in total. The Labute approximate surface area is 110 Å². The van der Waals surface area contributed by atoms with Crippen molar-refractivity contribution in [1.82, 2.24) is 0 Å². The average Bonchev–Trinajstić information content (AvgIpc) is 2.30. The maximum Gasteiger partial charge on any atom is 0.336 e. The molecule has 0 heterocycles. The zero-order valence-electron chi connectivity index (χ0n) is 9.34. The summed E-state index contributed by atoms with van der Waals surface area (Å²) < 4.78 is 55.6. The van der Waals surface area contributed by atoms with E-state index in [1.165, 1.54) is 6.07 Å². The monoisotopic (exact) mass is 330 g/mol. The van der Waals surface area contributed by atoms with E-state index in [-0.39, 0.29) is 5.56 Å². The normalized spacial score (nSPS) is 13.8. The summed E-state index contributed by atoms with van der Waals surface area (Å²) >= 11 is 3.05. The molecule has 1 aromatic carbocycles. The standard InChI is InChI=1S/C11H11BrF4O2/c1-2-18-8-4-3-6(5-7(8)12)9(17)11(15,16)10(13)14/h3-5,9-10,17H,2H2,1H3. The Bertz CT molecular complexity index is 412. The summed E-state index contributed by atoms with van der Waals surface area (Å²) in [6.07, 6.45) is -6.50. The van der Waals surface area contributed by atoms with Crippen molar-refractivity contribution >= 4 is 15.9 Å². The van der Waals surface area contributed by atoms with E-state index < -0.39 is 18.5 Å². The van der Waals surface area contributed by atoms with Crippen LogP contribution in [-0.4, -0.2) is 24.1 Å². The van der Waals surface area contributed by atoms with Gasteiger partial charge in [-0.2, -0.15) is 8.78 Å². The van der Waals surface area contributed by atoms with E-state index in [4.69, 9.17) is 4.74 Å². The Hall–Kier alpha value is -0.820. The van der Waals surface area contributed by atoms with Crippen molar-refractivity contribution in [3.05, 3.63) is 28.2 Å². The van der Waals surface area contributed by atoms with Crippen molar-refractivity contribution in [3.63, 3.8) is 0 Å². The average molecular weight is 331 g/mol. The topological polar surface area (TPSA) is 29.5 Å². The number of halogens is 5. The predicted octanol–water partition coefficient (Wildman–Crippen LogP) is 3.78. The number of hydrogen-bond donors (Lipinski definition) is 1. The van der Waals surface area contributed by atoms with Gasteiger partial charge in [-0.15, -0.1) is 0 Å². The molecule has 0 spiro atoms. The molecule has 0 fully saturated rings. The van der Waals surface area contributed by atoms with Gasteiger partial charge in [0, 0.05) is 0 Å². The predicted molar refractivity (Wildman–Crippen MR) is 61.2 cm³/mol. The Balaban J connectivity index is 3.01. The molecule has 0 saturated carbocycles. The lowest BCUT2D eigenvalue weighted by molar-refractivity contribution is -0.193. The fourth-order valence-electron chi connectivity index (χ4n) is 1.30. The van der Waals surface area contributed by atoms with Gasteiger partial charge in [0.05, 0.1) is 11.1 Å². The van der Waals surface area contributed by atoms with E-state index >= 15 is 0 Å². The first-order chi connectivity index (χ1) is 8.30. The smallest absolute Gasteiger partial charge is 0.336 e. The molecule has 1 aromatic rings. The van der Waals surface area contributed by atoms with E-state index in [0.717, 1.165) is 12.1 Å². The number of rotatable bonds is 5. The third-order valence-corrected chi connectivity index (χ3v) is 2.85. The number of aliphatic hydroxyl groups is 1. The third-order valence-electron chi connectivity index (χ3n) is 2.23. The summed E-state index contributed by atoms with van der Waals surface area (Å²) in [6, 6.07) is 3.58. The van der Waals surface area contributed by atoms with Crippen LogP contribution < -0.4 is 4.74 Å². The molecule has 102 valence electrons. The van der Waals surface area contributed by atoms with Crippen LogP contribution in [0.15, 0.2) is 22.7 Å². The first-order valence-electron chi connectivity index (χ1n) is 5.07. The van der Waals surface area contributed by atoms with Crippen LogP contribution in [0.5, 0.6) is 5.75 Å². The summed E-state index contributed by atoms with van der Waals surface area (Å²) in [7, 11) is 0. The number of benzene rings is 1. The fraction of sp³-hybridized carbons (Fsp3) is 0.455. The van der Waals surface area contributed by atoms with Crippen molar-refractivity contribution in [2.75, 3.05) is 6.61 Å². The number of alkyl halides is 4. The van der Waals surface area contributed by atoms with Gasteiger partial charge in [0.25, 0.3) is 0 Å². The maximum absolute atomic E-state index is 13.0. The Kier molecular flexibility index (Phi) is 4.98. The summed E-state index contributed by atoms with van der Waals surface area (Å²) in [6.45, 7) is 2.10. The third kappa shape index (κ3) is 3.14. The molecular weight excluding hydrogens is 320 g/mol. The van der Waals surface area contributed by atoms with E-state index in [0.29, 0.717) is 16.8 Å². The zero-order valence-corrected chi connectivity index (χ0v) is 10.9. The van der Waals surface area contributed by atoms with Crippen LogP contribution in [0.4, 0.5) is 17.6 Å². The largest absolute Gasteiger partial charge is 0.493 e. The minimum absolute atomic E-state index is 0.310. The molecular formula is C11H11BrF4O2. The molecule has 7 heteroatoms. The Morgan fingerprint density at radius 1 is 1.39 bits per heavy atom. The lowest BCUT2D eigenvalue weighted by Gasteiger charge is -2.22. The fourth-order valence-corrected chi connectivity index (χ4v) is 1.81. The Morgan fingerprint density at radius 3 is 2.44 bits per heavy atom. The van der Waals surface area contributed by atoms with Gasteiger partial charge in [0.15, 0.2) is 0 Å². The van der Waals surface area contributed by atoms with Crippen LogP contribution in [0.25, 0.3) is 0 Å². The van der Waals surface area contributed by atoms with Gasteiger partial charge < -0.3 is 9.84 Å². The second kappa shape index (κ2) is 5.88. The van der Waals surface area contributed by atoms with Gasteiger partial charge in [-0.3, -0.25) is 0 Å². The molecule has 0 aliphatic heterocycles. The first kappa shape index (κ1) is 15.2. The summed E-state index contributed by atoms with van der Waals surface area (Å²) in [5.74, 6) is -4.11. The van der Waals surface area contributed by atoms with Crippen LogP contribution in [0, 0.1) is 0 Å². The molecule has 0 bridgehead atoms. The molecule has 0 saturated heterocycles. The highest BCUT2D eigenvalue weighted by molar-refractivity contribution is 9.10. The van der Waals surface area contributed by atoms with Crippen LogP contribution in [0.1, 0.15) is 18.6 Å². The van der Waals surface area contributed by atoms with Gasteiger partial charge in [0.2, 0.25) is 0 Å². The highest BCUT2D eigenvalue weighted by Gasteiger charge is 2.48. The second-order valence-electron chi connectivity index (χ2n) is 3.50.